The highest BCUT2D eigenvalue weighted by atomic mass is 16.1. The third-order valence-corrected chi connectivity index (χ3v) is 5.43. The summed E-state index contributed by atoms with van der Waals surface area (Å²) in [6, 6.07) is 29.2. The molecule has 29 heavy (non-hydrogen) atoms. The number of rotatable bonds is 3. The standard InChI is InChI=1S/C21H15NO.C5H11N/c23-15-22(20-11-9-16-5-1-3-7-18(16)13-20)21-12-10-17-6-2-4-8-19(17)14-21;1-5-3-2-4-6-5/h1-15H;5-6H,2-4H2,1H3/t;5-/m.1/s1. The van der Waals surface area contributed by atoms with Crippen LogP contribution in [0.15, 0.2) is 84.9 Å². The molecule has 0 bridgehead atoms. The summed E-state index contributed by atoms with van der Waals surface area (Å²) in [6.45, 7) is 3.47. The van der Waals surface area contributed by atoms with Crippen LogP contribution < -0.4 is 10.2 Å². The van der Waals surface area contributed by atoms with Gasteiger partial charge in [0.2, 0.25) is 6.41 Å². The number of hydrogen-bond acceptors (Lipinski definition) is 2. The molecule has 3 heteroatoms. The van der Waals surface area contributed by atoms with Crippen molar-refractivity contribution in [3.05, 3.63) is 84.9 Å². The zero-order valence-electron chi connectivity index (χ0n) is 16.7. The van der Waals surface area contributed by atoms with Gasteiger partial charge in [0.15, 0.2) is 0 Å². The molecule has 0 radical (unpaired) electrons. The van der Waals surface area contributed by atoms with Gasteiger partial charge < -0.3 is 5.32 Å². The highest BCUT2D eigenvalue weighted by Gasteiger charge is 2.09. The van der Waals surface area contributed by atoms with Crippen molar-refractivity contribution in [2.45, 2.75) is 25.8 Å². The van der Waals surface area contributed by atoms with Gasteiger partial charge in [-0.3, -0.25) is 9.69 Å². The molecule has 0 unspecified atom stereocenters. The number of anilines is 2. The fourth-order valence-electron chi connectivity index (χ4n) is 3.78. The molecule has 0 aliphatic carbocycles. The summed E-state index contributed by atoms with van der Waals surface area (Å²) in [6.07, 6.45) is 3.62. The van der Waals surface area contributed by atoms with E-state index in [9.17, 15) is 4.79 Å². The number of amides is 1. The van der Waals surface area contributed by atoms with Crippen LogP contribution in [0.25, 0.3) is 21.5 Å². The molecular weight excluding hydrogens is 356 g/mol. The van der Waals surface area contributed by atoms with Gasteiger partial charge in [-0.1, -0.05) is 60.7 Å². The Morgan fingerprint density at radius 2 is 1.31 bits per heavy atom. The van der Waals surface area contributed by atoms with Crippen LogP contribution in [0.5, 0.6) is 0 Å². The first-order valence-electron chi connectivity index (χ1n) is 10.2. The lowest BCUT2D eigenvalue weighted by molar-refractivity contribution is -0.106. The second-order valence-corrected chi connectivity index (χ2v) is 7.54. The van der Waals surface area contributed by atoms with Gasteiger partial charge in [-0.05, 0) is 72.1 Å². The second-order valence-electron chi connectivity index (χ2n) is 7.54. The minimum atomic E-state index is 0.796. The Hall–Kier alpha value is -3.17. The molecule has 1 aliphatic rings. The molecule has 4 aromatic rings. The molecular formula is C26H26N2O. The number of hydrogen-bond donors (Lipinski definition) is 1. The second kappa shape index (κ2) is 8.89. The van der Waals surface area contributed by atoms with E-state index in [1.807, 2.05) is 60.7 Å². The number of carbonyl (C=O) groups is 1. The lowest BCUT2D eigenvalue weighted by Gasteiger charge is -2.19. The van der Waals surface area contributed by atoms with Crippen LogP contribution in [0.4, 0.5) is 11.4 Å². The van der Waals surface area contributed by atoms with E-state index in [1.165, 1.54) is 30.2 Å². The van der Waals surface area contributed by atoms with Gasteiger partial charge in [-0.15, -0.1) is 0 Å². The summed E-state index contributed by atoms with van der Waals surface area (Å²) in [5.41, 5.74) is 1.74. The normalized spacial score (nSPS) is 15.7. The smallest absolute Gasteiger partial charge is 0.218 e. The molecule has 1 heterocycles. The first-order valence-corrected chi connectivity index (χ1v) is 10.2. The minimum Gasteiger partial charge on any atom is -0.314 e. The van der Waals surface area contributed by atoms with Gasteiger partial charge in [-0.2, -0.15) is 0 Å². The fourth-order valence-corrected chi connectivity index (χ4v) is 3.78. The van der Waals surface area contributed by atoms with E-state index in [0.29, 0.717) is 0 Å². The zero-order valence-corrected chi connectivity index (χ0v) is 16.7. The molecule has 4 aromatic carbocycles. The summed E-state index contributed by atoms with van der Waals surface area (Å²) in [7, 11) is 0. The van der Waals surface area contributed by atoms with E-state index >= 15 is 0 Å². The van der Waals surface area contributed by atoms with Crippen LogP contribution >= 0.6 is 0 Å². The van der Waals surface area contributed by atoms with Crippen molar-refractivity contribution < 1.29 is 4.79 Å². The van der Waals surface area contributed by atoms with Crippen LogP contribution in [-0.4, -0.2) is 19.0 Å². The summed E-state index contributed by atoms with van der Waals surface area (Å²) < 4.78 is 0. The largest absolute Gasteiger partial charge is 0.314 e. The number of fused-ring (bicyclic) bond motifs is 2. The molecule has 0 spiro atoms. The average Bonchev–Trinajstić information content (AvgIpc) is 3.25. The van der Waals surface area contributed by atoms with E-state index in [1.54, 1.807) is 4.90 Å². The van der Waals surface area contributed by atoms with E-state index in [2.05, 4.69) is 36.5 Å². The summed E-state index contributed by atoms with van der Waals surface area (Å²) in [5.74, 6) is 0. The third-order valence-electron chi connectivity index (χ3n) is 5.43. The lowest BCUT2D eigenvalue weighted by atomic mass is 10.1. The van der Waals surface area contributed by atoms with Crippen LogP contribution in [-0.2, 0) is 4.79 Å². The quantitative estimate of drug-likeness (QED) is 0.438. The van der Waals surface area contributed by atoms with Crippen molar-refractivity contribution in [2.75, 3.05) is 11.4 Å². The monoisotopic (exact) mass is 382 g/mol. The maximum Gasteiger partial charge on any atom is 0.218 e. The predicted molar refractivity (Wildman–Crippen MR) is 123 cm³/mol. The Balaban J connectivity index is 0.000000294. The summed E-state index contributed by atoms with van der Waals surface area (Å²) in [5, 5.41) is 7.90. The topological polar surface area (TPSA) is 32.3 Å². The Morgan fingerprint density at radius 3 is 1.69 bits per heavy atom. The molecule has 1 fully saturated rings. The Labute approximate surface area is 172 Å². The van der Waals surface area contributed by atoms with Crippen molar-refractivity contribution in [3.8, 4) is 0 Å². The van der Waals surface area contributed by atoms with Gasteiger partial charge >= 0.3 is 0 Å². The molecule has 0 saturated carbocycles. The van der Waals surface area contributed by atoms with E-state index in [-0.39, 0.29) is 0 Å². The molecule has 1 saturated heterocycles. The van der Waals surface area contributed by atoms with E-state index in [4.69, 9.17) is 0 Å². The summed E-state index contributed by atoms with van der Waals surface area (Å²) >= 11 is 0. The first kappa shape index (κ1) is 19.2. The van der Waals surface area contributed by atoms with Crippen molar-refractivity contribution in [1.29, 1.82) is 0 Å². The Morgan fingerprint density at radius 1 is 0.793 bits per heavy atom. The molecule has 0 aromatic heterocycles. The average molecular weight is 383 g/mol. The molecule has 1 atom stereocenters. The number of nitrogens with one attached hydrogen (secondary N) is 1. The van der Waals surface area contributed by atoms with Gasteiger partial charge in [0.25, 0.3) is 0 Å². The molecule has 146 valence electrons. The lowest BCUT2D eigenvalue weighted by Crippen LogP contribution is -2.16. The molecule has 1 N–H and O–H groups in total. The van der Waals surface area contributed by atoms with Crippen molar-refractivity contribution in [2.24, 2.45) is 0 Å². The van der Waals surface area contributed by atoms with Gasteiger partial charge in [-0.25, -0.2) is 0 Å². The minimum absolute atomic E-state index is 0.796. The van der Waals surface area contributed by atoms with E-state index in [0.717, 1.165) is 34.6 Å². The summed E-state index contributed by atoms with van der Waals surface area (Å²) in [4.78, 5) is 13.4. The van der Waals surface area contributed by atoms with Crippen molar-refractivity contribution in [3.63, 3.8) is 0 Å². The number of benzene rings is 4. The van der Waals surface area contributed by atoms with Gasteiger partial charge in [0.1, 0.15) is 0 Å². The molecule has 3 nitrogen and oxygen atoms in total. The maximum atomic E-state index is 11.7. The fraction of sp³-hybridized carbons (Fsp3) is 0.192. The SMILES string of the molecule is C[C@@H]1CCCN1.O=CN(c1ccc2ccccc2c1)c1ccc2ccccc2c1. The van der Waals surface area contributed by atoms with Crippen LogP contribution in [0.3, 0.4) is 0 Å². The number of carbonyl (C=O) groups excluding carboxylic acids is 1. The Kier molecular flexibility index (Phi) is 5.87. The van der Waals surface area contributed by atoms with Crippen LogP contribution in [0.1, 0.15) is 19.8 Å². The maximum absolute atomic E-state index is 11.7. The molecule has 1 amide bonds. The van der Waals surface area contributed by atoms with E-state index < -0.39 is 0 Å². The number of nitrogens with zero attached hydrogens (tertiary/aromatic N) is 1. The first-order chi connectivity index (χ1) is 14.2. The molecule has 5 rings (SSSR count). The highest BCUT2D eigenvalue weighted by Crippen LogP contribution is 2.29. The van der Waals surface area contributed by atoms with Crippen LogP contribution in [0.2, 0.25) is 0 Å². The van der Waals surface area contributed by atoms with Crippen LogP contribution in [0, 0.1) is 0 Å². The third kappa shape index (κ3) is 4.47. The molecule has 1 aliphatic heterocycles. The van der Waals surface area contributed by atoms with Crippen molar-refractivity contribution in [1.82, 2.24) is 5.32 Å². The zero-order chi connectivity index (χ0) is 20.1. The highest BCUT2D eigenvalue weighted by molar-refractivity contribution is 5.95. The Bertz CT molecular complexity index is 1040. The predicted octanol–water partition coefficient (Wildman–Crippen LogP) is 6.05. The van der Waals surface area contributed by atoms with Crippen molar-refractivity contribution >= 4 is 39.3 Å². The van der Waals surface area contributed by atoms with Gasteiger partial charge in [0.05, 0.1) is 0 Å². The van der Waals surface area contributed by atoms with Gasteiger partial charge in [0, 0.05) is 17.4 Å².